The summed E-state index contributed by atoms with van der Waals surface area (Å²) in [5.41, 5.74) is 1.05. The Morgan fingerprint density at radius 1 is 1.12 bits per heavy atom. The first-order valence-electron chi connectivity index (χ1n) is 8.00. The third-order valence-electron chi connectivity index (χ3n) is 4.71. The Kier molecular flexibility index (Phi) is 4.83. The number of phenols is 1. The molecule has 0 saturated heterocycles. The quantitative estimate of drug-likeness (QED) is 0.839. The second-order valence-corrected chi connectivity index (χ2v) is 8.09. The summed E-state index contributed by atoms with van der Waals surface area (Å²) in [5.74, 6) is 0.306. The average molecular weight is 379 g/mol. The zero-order valence-electron chi connectivity index (χ0n) is 14.7. The van der Waals surface area contributed by atoms with Gasteiger partial charge >= 0.3 is 0 Å². The van der Waals surface area contributed by atoms with Crippen LogP contribution in [0.3, 0.4) is 0 Å². The fourth-order valence-corrected chi connectivity index (χ4v) is 4.84. The molecule has 0 aromatic heterocycles. The van der Waals surface area contributed by atoms with Crippen LogP contribution in [0.1, 0.15) is 17.2 Å². The number of methoxy groups -OCH3 is 2. The fourth-order valence-electron chi connectivity index (χ4n) is 3.25. The number of phenolic OH excluding ortho intramolecular Hbond substituents is 1. The first-order chi connectivity index (χ1) is 12.3. The number of aliphatic hydroxyl groups excluding tert-OH is 1. The summed E-state index contributed by atoms with van der Waals surface area (Å²) in [4.78, 5) is 0.118. The SMILES string of the molecule is COc1cc(C[C@@H]2[C@H](O)c3ccccc3S(=O)(=O)N2C)cc(OC)c1O. The lowest BCUT2D eigenvalue weighted by molar-refractivity contribution is 0.0891. The molecule has 7 nitrogen and oxygen atoms in total. The molecule has 1 aliphatic heterocycles. The minimum absolute atomic E-state index is 0.118. The van der Waals surface area contributed by atoms with Gasteiger partial charge < -0.3 is 19.7 Å². The molecule has 2 N–H and O–H groups in total. The second kappa shape index (κ2) is 6.79. The number of nitrogens with zero attached hydrogens (tertiary/aromatic N) is 1. The predicted molar refractivity (Wildman–Crippen MR) is 95.1 cm³/mol. The van der Waals surface area contributed by atoms with Crippen LogP contribution in [0.5, 0.6) is 17.2 Å². The number of aliphatic hydroxyl groups is 1. The summed E-state index contributed by atoms with van der Waals surface area (Å²) >= 11 is 0. The standard InChI is InChI=1S/C18H21NO6S/c1-19-13(8-11-9-14(24-2)18(21)15(10-11)25-3)17(20)12-6-4-5-7-16(12)26(19,22)23/h4-7,9-10,13,17,20-21H,8H2,1-3H3/t13-,17-/m1/s1. The van der Waals surface area contributed by atoms with Gasteiger partial charge in [0, 0.05) is 12.6 Å². The van der Waals surface area contributed by atoms with E-state index < -0.39 is 22.2 Å². The number of hydrogen-bond acceptors (Lipinski definition) is 6. The Morgan fingerprint density at radius 2 is 1.69 bits per heavy atom. The highest BCUT2D eigenvalue weighted by Crippen LogP contribution is 2.40. The molecule has 140 valence electrons. The number of fused-ring (bicyclic) bond motifs is 1. The van der Waals surface area contributed by atoms with Gasteiger partial charge in [-0.25, -0.2) is 8.42 Å². The highest BCUT2D eigenvalue weighted by atomic mass is 32.2. The van der Waals surface area contributed by atoms with E-state index in [2.05, 4.69) is 0 Å². The molecule has 2 aromatic rings. The van der Waals surface area contributed by atoms with E-state index in [1.165, 1.54) is 31.6 Å². The number of rotatable bonds is 4. The van der Waals surface area contributed by atoms with Gasteiger partial charge in [-0.2, -0.15) is 4.31 Å². The van der Waals surface area contributed by atoms with Crippen molar-refractivity contribution in [3.63, 3.8) is 0 Å². The van der Waals surface area contributed by atoms with E-state index in [9.17, 15) is 18.6 Å². The van der Waals surface area contributed by atoms with Gasteiger partial charge in [-0.1, -0.05) is 18.2 Å². The van der Waals surface area contributed by atoms with Gasteiger partial charge in [0.25, 0.3) is 0 Å². The summed E-state index contributed by atoms with van der Waals surface area (Å²) < 4.78 is 37.0. The third-order valence-corrected chi connectivity index (χ3v) is 6.67. The summed E-state index contributed by atoms with van der Waals surface area (Å²) in [6, 6.07) is 8.95. The van der Waals surface area contributed by atoms with Gasteiger partial charge in [-0.05, 0) is 30.2 Å². The molecule has 1 aliphatic rings. The van der Waals surface area contributed by atoms with Gasteiger partial charge in [0.15, 0.2) is 11.5 Å². The van der Waals surface area contributed by atoms with E-state index in [1.807, 2.05) is 0 Å². The lowest BCUT2D eigenvalue weighted by atomic mass is 9.95. The van der Waals surface area contributed by atoms with Crippen molar-refractivity contribution in [1.82, 2.24) is 4.31 Å². The Balaban J connectivity index is 2.03. The lowest BCUT2D eigenvalue weighted by Crippen LogP contribution is -2.46. The van der Waals surface area contributed by atoms with Gasteiger partial charge in [-0.3, -0.25) is 0 Å². The molecule has 8 heteroatoms. The van der Waals surface area contributed by atoms with Crippen LogP contribution in [0.25, 0.3) is 0 Å². The van der Waals surface area contributed by atoms with Crippen molar-refractivity contribution < 1.29 is 28.1 Å². The fraction of sp³-hybridized carbons (Fsp3) is 0.333. The highest BCUT2D eigenvalue weighted by molar-refractivity contribution is 7.89. The van der Waals surface area contributed by atoms with Crippen LogP contribution in [0.4, 0.5) is 0 Å². The number of benzene rings is 2. The van der Waals surface area contributed by atoms with E-state index in [4.69, 9.17) is 9.47 Å². The number of sulfonamides is 1. The maximum Gasteiger partial charge on any atom is 0.243 e. The molecule has 26 heavy (non-hydrogen) atoms. The maximum absolute atomic E-state index is 12.8. The number of ether oxygens (including phenoxy) is 2. The van der Waals surface area contributed by atoms with Crippen molar-refractivity contribution >= 4 is 10.0 Å². The van der Waals surface area contributed by atoms with E-state index in [-0.39, 0.29) is 28.6 Å². The predicted octanol–water partition coefficient (Wildman–Crippen LogP) is 1.69. The van der Waals surface area contributed by atoms with Crippen LogP contribution >= 0.6 is 0 Å². The highest BCUT2D eigenvalue weighted by Gasteiger charge is 2.41. The molecule has 2 atom stereocenters. The summed E-state index contributed by atoms with van der Waals surface area (Å²) in [5, 5.41) is 20.8. The van der Waals surface area contributed by atoms with Crippen LogP contribution < -0.4 is 9.47 Å². The first kappa shape index (κ1) is 18.5. The number of hydrogen-bond donors (Lipinski definition) is 2. The Hall–Kier alpha value is -2.29. The number of aromatic hydroxyl groups is 1. The Bertz CT molecular complexity index is 902. The van der Waals surface area contributed by atoms with Crippen molar-refractivity contribution in [2.24, 2.45) is 0 Å². The summed E-state index contributed by atoms with van der Waals surface area (Å²) in [7, 11) is 0.586. The molecule has 0 unspecified atom stereocenters. The van der Waals surface area contributed by atoms with E-state index in [0.717, 1.165) is 0 Å². The normalized spacial score (nSPS) is 21.8. The van der Waals surface area contributed by atoms with Crippen molar-refractivity contribution in [3.05, 3.63) is 47.5 Å². The topological polar surface area (TPSA) is 96.3 Å². The molecule has 3 rings (SSSR count). The van der Waals surface area contributed by atoms with Crippen LogP contribution in [-0.4, -0.2) is 50.2 Å². The zero-order chi connectivity index (χ0) is 19.1. The molecular formula is C18H21NO6S. The minimum atomic E-state index is -3.70. The second-order valence-electron chi connectivity index (χ2n) is 6.12. The van der Waals surface area contributed by atoms with E-state index in [0.29, 0.717) is 11.1 Å². The molecule has 0 fully saturated rings. The molecule has 0 aliphatic carbocycles. The Morgan fingerprint density at radius 3 is 2.27 bits per heavy atom. The molecule has 1 heterocycles. The van der Waals surface area contributed by atoms with Crippen LogP contribution in [-0.2, 0) is 16.4 Å². The molecule has 0 radical (unpaired) electrons. The van der Waals surface area contributed by atoms with Crippen molar-refractivity contribution in [3.8, 4) is 17.2 Å². The van der Waals surface area contributed by atoms with Crippen molar-refractivity contribution in [1.29, 1.82) is 0 Å². The largest absolute Gasteiger partial charge is 0.502 e. The lowest BCUT2D eigenvalue weighted by Gasteiger charge is -2.37. The molecule has 0 amide bonds. The minimum Gasteiger partial charge on any atom is -0.502 e. The molecular weight excluding hydrogens is 358 g/mol. The first-order valence-corrected chi connectivity index (χ1v) is 9.44. The van der Waals surface area contributed by atoms with Crippen LogP contribution in [0.15, 0.2) is 41.3 Å². The van der Waals surface area contributed by atoms with Crippen molar-refractivity contribution in [2.75, 3.05) is 21.3 Å². The van der Waals surface area contributed by atoms with Gasteiger partial charge in [0.05, 0.1) is 31.3 Å². The van der Waals surface area contributed by atoms with Crippen molar-refractivity contribution in [2.45, 2.75) is 23.5 Å². The zero-order valence-corrected chi connectivity index (χ0v) is 15.5. The summed E-state index contributed by atoms with van der Waals surface area (Å²) in [6.45, 7) is 0. The summed E-state index contributed by atoms with van der Waals surface area (Å²) in [6.07, 6.45) is -0.761. The van der Waals surface area contributed by atoms with Crippen LogP contribution in [0.2, 0.25) is 0 Å². The molecule has 0 bridgehead atoms. The smallest absolute Gasteiger partial charge is 0.243 e. The molecule has 0 spiro atoms. The molecule has 2 aromatic carbocycles. The van der Waals surface area contributed by atoms with Crippen LogP contribution in [0, 0.1) is 0 Å². The van der Waals surface area contributed by atoms with Gasteiger partial charge in [0.2, 0.25) is 15.8 Å². The van der Waals surface area contributed by atoms with Gasteiger partial charge in [-0.15, -0.1) is 0 Å². The van der Waals surface area contributed by atoms with E-state index >= 15 is 0 Å². The number of likely N-dealkylation sites (N-methyl/N-ethyl adjacent to an activating group) is 1. The molecule has 0 saturated carbocycles. The Labute approximate surface area is 152 Å². The monoisotopic (exact) mass is 379 g/mol. The maximum atomic E-state index is 12.8. The van der Waals surface area contributed by atoms with E-state index in [1.54, 1.807) is 30.3 Å². The average Bonchev–Trinajstić information content (AvgIpc) is 2.65. The third kappa shape index (κ3) is 2.90. The van der Waals surface area contributed by atoms with Gasteiger partial charge in [0.1, 0.15) is 0 Å².